The topological polar surface area (TPSA) is 123 Å². The Morgan fingerprint density at radius 3 is 2.76 bits per heavy atom. The molecule has 1 aromatic carbocycles. The molecule has 1 atom stereocenters. The third-order valence-corrected chi connectivity index (χ3v) is 7.66. The quantitative estimate of drug-likeness (QED) is 0.405. The molecule has 0 saturated heterocycles. The molecule has 9 nitrogen and oxygen atoms in total. The lowest BCUT2D eigenvalue weighted by Gasteiger charge is -2.12. The van der Waals surface area contributed by atoms with Crippen LogP contribution in [0.2, 0.25) is 0 Å². The Labute approximate surface area is 210 Å². The molecule has 12 heteroatoms. The maximum atomic E-state index is 14.6. The average Bonchev–Trinajstić information content (AvgIpc) is 3.02. The number of nitrogens with zero attached hydrogens (tertiary/aromatic N) is 3. The van der Waals surface area contributed by atoms with E-state index in [1.54, 1.807) is 19.3 Å². The van der Waals surface area contributed by atoms with Gasteiger partial charge in [-0.1, -0.05) is 6.07 Å². The number of ether oxygens (including phenoxy) is 1. The van der Waals surface area contributed by atoms with E-state index < -0.39 is 44.1 Å². The van der Waals surface area contributed by atoms with E-state index in [2.05, 4.69) is 25.6 Å². The Hall–Kier alpha value is -4.19. The van der Waals surface area contributed by atoms with E-state index in [1.807, 2.05) is 30.3 Å². The summed E-state index contributed by atoms with van der Waals surface area (Å²) < 4.78 is 58.7. The van der Waals surface area contributed by atoms with Gasteiger partial charge in [-0.25, -0.2) is 27.2 Å². The normalized spacial score (nSPS) is 16.4. The fraction of sp³-hybridized carbons (Fsp3) is 0.200. The fourth-order valence-corrected chi connectivity index (χ4v) is 5.27. The van der Waals surface area contributed by atoms with Crippen molar-refractivity contribution in [3.63, 3.8) is 0 Å². The summed E-state index contributed by atoms with van der Waals surface area (Å²) in [7, 11) is -2.73. The number of fused-ring (bicyclic) bond motifs is 2. The SMILES string of the molecule is CNc1cccc(-c2ccc3cnc(CNC(=O)c4cc(F)c5c(c4)S(=O)(=O)[C@@H](F)CCO5)cc3n2)n1. The zero-order valence-electron chi connectivity index (χ0n) is 19.5. The number of halogens is 2. The highest BCUT2D eigenvalue weighted by Crippen LogP contribution is 2.35. The molecule has 0 saturated carbocycles. The molecule has 0 radical (unpaired) electrons. The van der Waals surface area contributed by atoms with Crippen LogP contribution >= 0.6 is 0 Å². The monoisotopic (exact) mass is 525 g/mol. The summed E-state index contributed by atoms with van der Waals surface area (Å²) in [6.45, 7) is -0.335. The van der Waals surface area contributed by atoms with E-state index in [9.17, 15) is 22.0 Å². The van der Waals surface area contributed by atoms with Gasteiger partial charge in [-0.05, 0) is 42.5 Å². The number of amides is 1. The van der Waals surface area contributed by atoms with Gasteiger partial charge in [-0.3, -0.25) is 9.78 Å². The van der Waals surface area contributed by atoms with Gasteiger partial charge in [0.1, 0.15) is 10.7 Å². The van der Waals surface area contributed by atoms with Gasteiger partial charge in [-0.15, -0.1) is 0 Å². The third-order valence-electron chi connectivity index (χ3n) is 5.83. The predicted octanol–water partition coefficient (Wildman–Crippen LogP) is 3.65. The molecule has 1 amide bonds. The lowest BCUT2D eigenvalue weighted by molar-refractivity contribution is 0.0949. The standard InChI is InChI=1S/C25H21F2N5O4S/c1-28-23-4-2-3-18(32-23)19-6-5-14-12-29-16(11-20(14)31-19)13-30-25(33)15-9-17(26)24-21(10-15)37(34,35)22(27)7-8-36-24/h2-6,9-12,22H,7-8,13H2,1H3,(H,28,32)(H,30,33)/t22-/m1/s1. The number of hydrogen-bond donors (Lipinski definition) is 2. The highest BCUT2D eigenvalue weighted by Gasteiger charge is 2.35. The number of rotatable bonds is 5. The van der Waals surface area contributed by atoms with Gasteiger partial charge in [0.05, 0.1) is 35.8 Å². The molecule has 0 unspecified atom stereocenters. The number of carbonyl (C=O) groups excluding carboxylic acids is 1. The smallest absolute Gasteiger partial charge is 0.251 e. The lowest BCUT2D eigenvalue weighted by Crippen LogP contribution is -2.24. The first kappa shape index (κ1) is 24.5. The second-order valence-corrected chi connectivity index (χ2v) is 10.3. The maximum absolute atomic E-state index is 14.6. The average molecular weight is 526 g/mol. The predicted molar refractivity (Wildman–Crippen MR) is 132 cm³/mol. The van der Waals surface area contributed by atoms with Crippen LogP contribution in [0.5, 0.6) is 5.75 Å². The van der Waals surface area contributed by atoms with Gasteiger partial charge >= 0.3 is 0 Å². The van der Waals surface area contributed by atoms with Crippen molar-refractivity contribution in [2.24, 2.45) is 0 Å². The molecule has 0 bridgehead atoms. The summed E-state index contributed by atoms with van der Waals surface area (Å²) in [6.07, 6.45) is 1.18. The molecule has 190 valence electrons. The molecule has 0 spiro atoms. The first-order chi connectivity index (χ1) is 17.8. The summed E-state index contributed by atoms with van der Waals surface area (Å²) in [6, 6.07) is 12.7. The first-order valence-corrected chi connectivity index (χ1v) is 12.8. The van der Waals surface area contributed by atoms with E-state index in [0.717, 1.165) is 17.5 Å². The number of carbonyl (C=O) groups is 1. The molecule has 3 aromatic heterocycles. The molecular formula is C25H21F2N5O4S. The minimum Gasteiger partial charge on any atom is -0.489 e. The Morgan fingerprint density at radius 1 is 1.14 bits per heavy atom. The number of alkyl halides is 1. The first-order valence-electron chi connectivity index (χ1n) is 11.3. The zero-order chi connectivity index (χ0) is 26.2. The Bertz CT molecular complexity index is 1630. The van der Waals surface area contributed by atoms with Crippen LogP contribution in [0, 0.1) is 5.82 Å². The highest BCUT2D eigenvalue weighted by atomic mass is 32.2. The Morgan fingerprint density at radius 2 is 1.95 bits per heavy atom. The van der Waals surface area contributed by atoms with E-state index in [0.29, 0.717) is 28.4 Å². The van der Waals surface area contributed by atoms with E-state index in [1.165, 1.54) is 0 Å². The van der Waals surface area contributed by atoms with Gasteiger partial charge < -0.3 is 15.4 Å². The summed E-state index contributed by atoms with van der Waals surface area (Å²) in [4.78, 5) is 25.5. The van der Waals surface area contributed by atoms with Crippen molar-refractivity contribution in [1.29, 1.82) is 0 Å². The van der Waals surface area contributed by atoms with Crippen molar-refractivity contribution in [2.75, 3.05) is 19.0 Å². The van der Waals surface area contributed by atoms with Gasteiger partial charge in [-0.2, -0.15) is 0 Å². The minimum atomic E-state index is -4.50. The van der Waals surface area contributed by atoms with Gasteiger partial charge in [0.15, 0.2) is 11.6 Å². The second-order valence-electron chi connectivity index (χ2n) is 8.28. The van der Waals surface area contributed by atoms with Crippen molar-refractivity contribution < 1.29 is 26.7 Å². The highest BCUT2D eigenvalue weighted by molar-refractivity contribution is 7.92. The van der Waals surface area contributed by atoms with Crippen LogP contribution in [0.25, 0.3) is 22.3 Å². The van der Waals surface area contributed by atoms with Gasteiger partial charge in [0.2, 0.25) is 15.3 Å². The van der Waals surface area contributed by atoms with Gasteiger partial charge in [0.25, 0.3) is 5.91 Å². The number of nitrogens with one attached hydrogen (secondary N) is 2. The number of benzene rings is 1. The van der Waals surface area contributed by atoms with Gasteiger partial charge in [0, 0.05) is 30.6 Å². The van der Waals surface area contributed by atoms with Crippen LogP contribution in [0.1, 0.15) is 22.5 Å². The van der Waals surface area contributed by atoms with Crippen molar-refractivity contribution in [1.82, 2.24) is 20.3 Å². The van der Waals surface area contributed by atoms with Crippen LogP contribution in [0.3, 0.4) is 0 Å². The molecular weight excluding hydrogens is 504 g/mol. The number of sulfone groups is 1. The van der Waals surface area contributed by atoms with Crippen molar-refractivity contribution >= 4 is 32.5 Å². The molecule has 0 aliphatic carbocycles. The van der Waals surface area contributed by atoms with E-state index in [4.69, 9.17) is 4.74 Å². The second kappa shape index (κ2) is 9.69. The maximum Gasteiger partial charge on any atom is 0.251 e. The van der Waals surface area contributed by atoms with Crippen molar-refractivity contribution in [3.05, 3.63) is 71.8 Å². The molecule has 4 aromatic rings. The van der Waals surface area contributed by atoms with E-state index >= 15 is 0 Å². The summed E-state index contributed by atoms with van der Waals surface area (Å²) in [5, 5.41) is 6.35. The summed E-state index contributed by atoms with van der Waals surface area (Å²) in [5.41, 5.74) is -0.101. The van der Waals surface area contributed by atoms with Crippen LogP contribution in [-0.4, -0.2) is 48.4 Å². The molecule has 1 aliphatic rings. The van der Waals surface area contributed by atoms with E-state index in [-0.39, 0.29) is 18.7 Å². The molecule has 37 heavy (non-hydrogen) atoms. The molecule has 5 rings (SSSR count). The summed E-state index contributed by atoms with van der Waals surface area (Å²) in [5.74, 6) is -1.69. The zero-order valence-corrected chi connectivity index (χ0v) is 20.4. The molecule has 2 N–H and O–H groups in total. The Balaban J connectivity index is 1.38. The van der Waals surface area contributed by atoms with Crippen LogP contribution < -0.4 is 15.4 Å². The summed E-state index contributed by atoms with van der Waals surface area (Å²) >= 11 is 0. The number of pyridine rings is 3. The van der Waals surface area contributed by atoms with Crippen molar-refractivity contribution in [3.8, 4) is 17.1 Å². The minimum absolute atomic E-state index is 0.0398. The fourth-order valence-electron chi connectivity index (χ4n) is 3.88. The molecule has 0 fully saturated rings. The third kappa shape index (κ3) is 4.79. The molecule has 1 aliphatic heterocycles. The van der Waals surface area contributed by atoms with Crippen molar-refractivity contribution in [2.45, 2.75) is 23.4 Å². The van der Waals surface area contributed by atoms with Crippen LogP contribution in [0.15, 0.2) is 59.6 Å². The molecule has 4 heterocycles. The number of anilines is 1. The van der Waals surface area contributed by atoms with Crippen LogP contribution in [0.4, 0.5) is 14.6 Å². The number of aromatic nitrogens is 3. The number of hydrogen-bond acceptors (Lipinski definition) is 8. The Kier molecular flexibility index (Phi) is 6.42. The van der Waals surface area contributed by atoms with Crippen LogP contribution in [-0.2, 0) is 16.4 Å². The largest absolute Gasteiger partial charge is 0.489 e. The lowest BCUT2D eigenvalue weighted by atomic mass is 10.1.